The molecule has 0 radical (unpaired) electrons. The van der Waals surface area contributed by atoms with Crippen LogP contribution in [0.3, 0.4) is 0 Å². The van der Waals surface area contributed by atoms with Gasteiger partial charge in [0.05, 0.1) is 11.6 Å². The van der Waals surface area contributed by atoms with Gasteiger partial charge in [-0.1, -0.05) is 90.5 Å². The lowest BCUT2D eigenvalue weighted by atomic mass is 9.91. The first kappa shape index (κ1) is 20.0. The molecule has 0 saturated heterocycles. The average molecular weight is 413 g/mol. The first-order valence-corrected chi connectivity index (χ1v) is 10.8. The van der Waals surface area contributed by atoms with Crippen molar-refractivity contribution in [3.05, 3.63) is 111 Å². The minimum Gasteiger partial charge on any atom is -0.319 e. The van der Waals surface area contributed by atoms with E-state index in [-0.39, 0.29) is 5.91 Å². The topological polar surface area (TPSA) is 34.4 Å². The molecule has 30 heavy (non-hydrogen) atoms. The van der Waals surface area contributed by atoms with Gasteiger partial charge in [0.2, 0.25) is 0 Å². The van der Waals surface area contributed by atoms with Crippen LogP contribution < -0.4 is 4.80 Å². The normalized spacial score (nSPS) is 11.8. The number of hydrogen-bond acceptors (Lipinski definition) is 2. The Balaban J connectivity index is 1.79. The van der Waals surface area contributed by atoms with Gasteiger partial charge < -0.3 is 4.57 Å². The molecule has 3 nitrogen and oxygen atoms in total. The van der Waals surface area contributed by atoms with Crippen LogP contribution in [0.4, 0.5) is 0 Å². The molecule has 4 aromatic rings. The summed E-state index contributed by atoms with van der Waals surface area (Å²) in [6, 6.07) is 28.2. The number of aryl methyl sites for hydroxylation is 2. The van der Waals surface area contributed by atoms with Gasteiger partial charge in [-0.15, -0.1) is 11.3 Å². The predicted octanol–water partition coefficient (Wildman–Crippen LogP) is 5.63. The molecule has 0 aliphatic rings. The fourth-order valence-electron chi connectivity index (χ4n) is 3.72. The van der Waals surface area contributed by atoms with Gasteiger partial charge in [0.1, 0.15) is 0 Å². The van der Waals surface area contributed by atoms with Crippen LogP contribution in [0.2, 0.25) is 0 Å². The number of carbonyl (C=O) groups excluding carboxylic acids is 1. The highest BCUT2D eigenvalue weighted by molar-refractivity contribution is 7.09. The van der Waals surface area contributed by atoms with E-state index in [0.717, 1.165) is 27.3 Å². The zero-order chi connectivity index (χ0) is 21.1. The molecule has 1 aromatic heterocycles. The Morgan fingerprint density at radius 2 is 1.37 bits per heavy atom. The van der Waals surface area contributed by atoms with Gasteiger partial charge in [0, 0.05) is 11.9 Å². The summed E-state index contributed by atoms with van der Waals surface area (Å²) >= 11 is 1.55. The van der Waals surface area contributed by atoms with Crippen molar-refractivity contribution in [2.45, 2.75) is 19.8 Å². The van der Waals surface area contributed by atoms with E-state index in [1.165, 1.54) is 5.56 Å². The maximum atomic E-state index is 13.4. The van der Waals surface area contributed by atoms with Gasteiger partial charge in [-0.3, -0.25) is 4.79 Å². The minimum absolute atomic E-state index is 0.153. The van der Waals surface area contributed by atoms with E-state index in [4.69, 9.17) is 0 Å². The summed E-state index contributed by atoms with van der Waals surface area (Å²) in [6.07, 6.45) is 0. The third-order valence-electron chi connectivity index (χ3n) is 5.24. The smallest absolute Gasteiger partial charge is 0.260 e. The highest BCUT2D eigenvalue weighted by atomic mass is 32.1. The molecule has 0 atom stereocenters. The third kappa shape index (κ3) is 4.05. The van der Waals surface area contributed by atoms with Crippen LogP contribution in [0.1, 0.15) is 27.5 Å². The molecule has 0 saturated carbocycles. The van der Waals surface area contributed by atoms with Crippen molar-refractivity contribution >= 4 is 17.2 Å². The van der Waals surface area contributed by atoms with E-state index in [2.05, 4.69) is 43.1 Å². The van der Waals surface area contributed by atoms with Gasteiger partial charge >= 0.3 is 0 Å². The van der Waals surface area contributed by atoms with Crippen molar-refractivity contribution in [2.75, 3.05) is 0 Å². The molecule has 4 rings (SSSR count). The third-order valence-corrected chi connectivity index (χ3v) is 6.29. The first-order valence-electron chi connectivity index (χ1n) is 9.96. The lowest BCUT2D eigenvalue weighted by Crippen LogP contribution is -2.19. The average Bonchev–Trinajstić information content (AvgIpc) is 3.03. The van der Waals surface area contributed by atoms with E-state index < -0.39 is 5.92 Å². The Bertz CT molecular complexity index is 1180. The minimum atomic E-state index is -0.419. The van der Waals surface area contributed by atoms with Crippen LogP contribution in [-0.4, -0.2) is 10.5 Å². The largest absolute Gasteiger partial charge is 0.319 e. The van der Waals surface area contributed by atoms with Gasteiger partial charge in [-0.2, -0.15) is 4.99 Å². The first-order chi connectivity index (χ1) is 14.5. The van der Waals surface area contributed by atoms with Crippen LogP contribution >= 0.6 is 11.3 Å². The number of hydrogen-bond donors (Lipinski definition) is 0. The van der Waals surface area contributed by atoms with Crippen LogP contribution in [-0.2, 0) is 11.8 Å². The van der Waals surface area contributed by atoms with E-state index in [9.17, 15) is 4.79 Å². The Morgan fingerprint density at radius 3 is 1.90 bits per heavy atom. The van der Waals surface area contributed by atoms with E-state index in [1.54, 1.807) is 11.3 Å². The Morgan fingerprint density at radius 1 is 0.833 bits per heavy atom. The molecule has 0 unspecified atom stereocenters. The van der Waals surface area contributed by atoms with Gasteiger partial charge in [-0.25, -0.2) is 0 Å². The Kier molecular flexibility index (Phi) is 5.77. The number of amides is 1. The molecule has 1 amide bonds. The Labute approximate surface area is 181 Å². The van der Waals surface area contributed by atoms with Crippen molar-refractivity contribution < 1.29 is 4.79 Å². The molecule has 1 heterocycles. The summed E-state index contributed by atoms with van der Waals surface area (Å²) in [5.74, 6) is -0.572. The number of thiazole rings is 1. The number of rotatable bonds is 4. The second-order valence-electron chi connectivity index (χ2n) is 7.42. The summed E-state index contributed by atoms with van der Waals surface area (Å²) in [6.45, 7) is 4.16. The van der Waals surface area contributed by atoms with Crippen LogP contribution in [0.5, 0.6) is 0 Å². The van der Waals surface area contributed by atoms with Crippen molar-refractivity contribution in [3.63, 3.8) is 0 Å². The lowest BCUT2D eigenvalue weighted by Gasteiger charge is -2.14. The number of nitrogens with zero attached hydrogens (tertiary/aromatic N) is 2. The van der Waals surface area contributed by atoms with Crippen molar-refractivity contribution in [1.82, 2.24) is 4.57 Å². The van der Waals surface area contributed by atoms with Crippen LogP contribution in [0, 0.1) is 13.8 Å². The molecule has 4 heteroatoms. The maximum absolute atomic E-state index is 13.4. The molecule has 0 N–H and O–H groups in total. The van der Waals surface area contributed by atoms with Gasteiger partial charge in [0.25, 0.3) is 5.91 Å². The summed E-state index contributed by atoms with van der Waals surface area (Å²) in [4.78, 5) is 19.8. The Hall–Kier alpha value is -3.24. The van der Waals surface area contributed by atoms with Crippen molar-refractivity contribution in [3.8, 4) is 11.3 Å². The molecule has 0 bridgehead atoms. The molecule has 3 aromatic carbocycles. The van der Waals surface area contributed by atoms with Crippen molar-refractivity contribution in [1.29, 1.82) is 0 Å². The van der Waals surface area contributed by atoms with E-state index in [1.807, 2.05) is 72.3 Å². The summed E-state index contributed by atoms with van der Waals surface area (Å²) in [7, 11) is 1.98. The number of benzene rings is 3. The quantitative estimate of drug-likeness (QED) is 0.428. The summed E-state index contributed by atoms with van der Waals surface area (Å²) in [5.41, 5.74) is 5.36. The highest BCUT2D eigenvalue weighted by Gasteiger charge is 2.22. The van der Waals surface area contributed by atoms with Crippen LogP contribution in [0.25, 0.3) is 11.3 Å². The van der Waals surface area contributed by atoms with Crippen LogP contribution in [0.15, 0.2) is 89.9 Å². The predicted molar refractivity (Wildman–Crippen MR) is 123 cm³/mol. The molecule has 0 aliphatic carbocycles. The van der Waals surface area contributed by atoms with Gasteiger partial charge in [-0.05, 0) is 30.5 Å². The standard InChI is InChI=1S/C26H24N2OS/c1-18-14-16-22(17-15-18)24-19(2)30-26(28(24)3)27-25(29)23(20-10-6-4-7-11-20)21-12-8-5-9-13-21/h4-17,23H,1-3H3. The fraction of sp³-hybridized carbons (Fsp3) is 0.154. The zero-order valence-electron chi connectivity index (χ0n) is 17.4. The molecule has 0 aliphatic heterocycles. The molecule has 150 valence electrons. The molecule has 0 fully saturated rings. The summed E-state index contributed by atoms with van der Waals surface area (Å²) in [5, 5.41) is 0. The van der Waals surface area contributed by atoms with E-state index in [0.29, 0.717) is 4.80 Å². The number of carbonyl (C=O) groups is 1. The SMILES string of the molecule is Cc1ccc(-c2c(C)sc(=NC(=O)C(c3ccccc3)c3ccccc3)n2C)cc1. The monoisotopic (exact) mass is 412 g/mol. The number of aromatic nitrogens is 1. The van der Waals surface area contributed by atoms with Crippen molar-refractivity contribution in [2.24, 2.45) is 12.0 Å². The van der Waals surface area contributed by atoms with E-state index >= 15 is 0 Å². The molecular formula is C26H24N2OS. The molecule has 0 spiro atoms. The summed E-state index contributed by atoms with van der Waals surface area (Å²) < 4.78 is 2.02. The molecular weight excluding hydrogens is 388 g/mol. The highest BCUT2D eigenvalue weighted by Crippen LogP contribution is 2.27. The second-order valence-corrected chi connectivity index (χ2v) is 8.60. The van der Waals surface area contributed by atoms with Gasteiger partial charge in [0.15, 0.2) is 4.80 Å². The maximum Gasteiger partial charge on any atom is 0.260 e. The second kappa shape index (κ2) is 8.64. The fourth-order valence-corrected chi connectivity index (χ4v) is 4.71. The zero-order valence-corrected chi connectivity index (χ0v) is 18.2. The lowest BCUT2D eigenvalue weighted by molar-refractivity contribution is -0.118.